The van der Waals surface area contributed by atoms with Crippen molar-refractivity contribution in [3.05, 3.63) is 70.9 Å². The van der Waals surface area contributed by atoms with Gasteiger partial charge in [-0.3, -0.25) is 9.59 Å². The minimum Gasteiger partial charge on any atom is -0.356 e. The number of nitrogens with one attached hydrogen (secondary N) is 2. The maximum absolute atomic E-state index is 13.0. The van der Waals surface area contributed by atoms with Crippen LogP contribution in [0.2, 0.25) is 0 Å². The highest BCUT2D eigenvalue weighted by Gasteiger charge is 2.34. The van der Waals surface area contributed by atoms with Gasteiger partial charge in [0.2, 0.25) is 11.8 Å². The zero-order chi connectivity index (χ0) is 19.7. The summed E-state index contributed by atoms with van der Waals surface area (Å²) < 4.78 is 0. The van der Waals surface area contributed by atoms with Crippen molar-refractivity contribution in [2.75, 3.05) is 13.1 Å². The first-order valence-corrected chi connectivity index (χ1v) is 9.74. The van der Waals surface area contributed by atoms with Crippen molar-refractivity contribution < 1.29 is 9.59 Å². The monoisotopic (exact) mass is 375 g/mol. The van der Waals surface area contributed by atoms with Crippen molar-refractivity contribution >= 4 is 22.7 Å². The van der Waals surface area contributed by atoms with Crippen LogP contribution in [-0.4, -0.2) is 34.8 Å². The van der Waals surface area contributed by atoms with Crippen molar-refractivity contribution in [3.8, 4) is 0 Å². The first-order chi connectivity index (χ1) is 13.5. The van der Waals surface area contributed by atoms with Crippen molar-refractivity contribution in [1.82, 2.24) is 15.2 Å². The van der Waals surface area contributed by atoms with Crippen LogP contribution in [0.1, 0.15) is 41.8 Å². The number of fused-ring (bicyclic) bond motifs is 3. The summed E-state index contributed by atoms with van der Waals surface area (Å²) in [6.07, 6.45) is 1.13. The molecule has 2 amide bonds. The van der Waals surface area contributed by atoms with Gasteiger partial charge in [-0.15, -0.1) is 0 Å². The van der Waals surface area contributed by atoms with E-state index in [9.17, 15) is 9.59 Å². The van der Waals surface area contributed by atoms with Gasteiger partial charge in [0.15, 0.2) is 0 Å². The number of aryl methyl sites for hydroxylation is 1. The SMILES string of the molecule is CC(=O)NCCC(=O)N1CCc2c([nH]c3ccccc23)[C@@H]1c1cccc(C)c1. The number of amides is 2. The molecule has 0 unspecified atom stereocenters. The fraction of sp³-hybridized carbons (Fsp3) is 0.304. The predicted octanol–water partition coefficient (Wildman–Crippen LogP) is 3.48. The second kappa shape index (κ2) is 7.50. The Morgan fingerprint density at radius 1 is 1.18 bits per heavy atom. The van der Waals surface area contributed by atoms with Gasteiger partial charge >= 0.3 is 0 Å². The molecule has 2 N–H and O–H groups in total. The van der Waals surface area contributed by atoms with Gasteiger partial charge in [0.1, 0.15) is 0 Å². The van der Waals surface area contributed by atoms with E-state index in [0.717, 1.165) is 23.2 Å². The third-order valence-corrected chi connectivity index (χ3v) is 5.43. The van der Waals surface area contributed by atoms with Gasteiger partial charge in [-0.2, -0.15) is 0 Å². The molecule has 2 heterocycles. The molecule has 0 aliphatic carbocycles. The quantitative estimate of drug-likeness (QED) is 0.733. The van der Waals surface area contributed by atoms with Gasteiger partial charge in [-0.1, -0.05) is 48.0 Å². The van der Waals surface area contributed by atoms with E-state index in [1.165, 1.54) is 23.4 Å². The summed E-state index contributed by atoms with van der Waals surface area (Å²) >= 11 is 0. The standard InChI is InChI=1S/C23H25N3O2/c1-15-6-5-7-17(14-15)23-22-19(18-8-3-4-9-20(18)25-22)11-13-26(23)21(28)10-12-24-16(2)27/h3-9,14,23,25H,10-13H2,1-2H3,(H,24,27)/t23-/m0/s1. The molecule has 0 radical (unpaired) electrons. The van der Waals surface area contributed by atoms with Crippen LogP contribution in [0.3, 0.4) is 0 Å². The summed E-state index contributed by atoms with van der Waals surface area (Å²) in [6.45, 7) is 4.58. The highest BCUT2D eigenvalue weighted by molar-refractivity contribution is 5.86. The highest BCUT2D eigenvalue weighted by Crippen LogP contribution is 2.38. The van der Waals surface area contributed by atoms with Gasteiger partial charge in [0, 0.05) is 43.0 Å². The number of aromatic nitrogens is 1. The van der Waals surface area contributed by atoms with Crippen LogP contribution in [0.5, 0.6) is 0 Å². The first kappa shape index (κ1) is 18.3. The fourth-order valence-electron chi connectivity index (χ4n) is 4.19. The maximum Gasteiger partial charge on any atom is 0.225 e. The number of para-hydroxylation sites is 1. The molecule has 2 aromatic carbocycles. The molecular weight excluding hydrogens is 350 g/mol. The van der Waals surface area contributed by atoms with E-state index in [4.69, 9.17) is 0 Å². The Morgan fingerprint density at radius 2 is 2.00 bits per heavy atom. The molecule has 0 saturated heterocycles. The molecule has 0 spiro atoms. The molecule has 1 aromatic heterocycles. The maximum atomic E-state index is 13.0. The van der Waals surface area contributed by atoms with Gasteiger partial charge in [-0.25, -0.2) is 0 Å². The topological polar surface area (TPSA) is 65.2 Å². The number of benzene rings is 2. The number of carbonyl (C=O) groups is 2. The molecule has 144 valence electrons. The number of aromatic amines is 1. The van der Waals surface area contributed by atoms with Crippen molar-refractivity contribution in [2.24, 2.45) is 0 Å². The molecular formula is C23H25N3O2. The zero-order valence-electron chi connectivity index (χ0n) is 16.3. The molecule has 1 atom stereocenters. The molecule has 5 heteroatoms. The van der Waals surface area contributed by atoms with Crippen LogP contribution in [0, 0.1) is 6.92 Å². The minimum atomic E-state index is -0.138. The lowest BCUT2D eigenvalue weighted by molar-refractivity contribution is -0.133. The Hall–Kier alpha value is -3.08. The third-order valence-electron chi connectivity index (χ3n) is 5.43. The highest BCUT2D eigenvalue weighted by atomic mass is 16.2. The first-order valence-electron chi connectivity index (χ1n) is 9.74. The molecule has 5 nitrogen and oxygen atoms in total. The Morgan fingerprint density at radius 3 is 2.79 bits per heavy atom. The number of hydrogen-bond acceptors (Lipinski definition) is 2. The molecule has 0 bridgehead atoms. The third kappa shape index (κ3) is 3.40. The summed E-state index contributed by atoms with van der Waals surface area (Å²) in [6, 6.07) is 16.5. The average molecular weight is 375 g/mol. The Bertz CT molecular complexity index is 1040. The van der Waals surface area contributed by atoms with E-state index < -0.39 is 0 Å². The number of hydrogen-bond donors (Lipinski definition) is 2. The molecule has 28 heavy (non-hydrogen) atoms. The van der Waals surface area contributed by atoms with E-state index in [1.807, 2.05) is 17.0 Å². The van der Waals surface area contributed by atoms with Gasteiger partial charge in [0.25, 0.3) is 0 Å². The van der Waals surface area contributed by atoms with Crippen LogP contribution in [0.25, 0.3) is 10.9 Å². The van der Waals surface area contributed by atoms with E-state index in [0.29, 0.717) is 19.5 Å². The van der Waals surface area contributed by atoms with E-state index in [-0.39, 0.29) is 17.9 Å². The van der Waals surface area contributed by atoms with E-state index in [1.54, 1.807) is 0 Å². The lowest BCUT2D eigenvalue weighted by Crippen LogP contribution is -2.41. The second-order valence-electron chi connectivity index (χ2n) is 7.45. The van der Waals surface area contributed by atoms with Crippen LogP contribution in [0.4, 0.5) is 0 Å². The lowest BCUT2D eigenvalue weighted by Gasteiger charge is -2.36. The van der Waals surface area contributed by atoms with Crippen LogP contribution < -0.4 is 5.32 Å². The smallest absolute Gasteiger partial charge is 0.225 e. The summed E-state index contributed by atoms with van der Waals surface area (Å²) in [7, 11) is 0. The van der Waals surface area contributed by atoms with Gasteiger partial charge in [-0.05, 0) is 30.5 Å². The van der Waals surface area contributed by atoms with Gasteiger partial charge in [0.05, 0.1) is 6.04 Å². The second-order valence-corrected chi connectivity index (χ2v) is 7.45. The normalized spacial score (nSPS) is 16.1. The summed E-state index contributed by atoms with van der Waals surface area (Å²) in [5.41, 5.74) is 5.79. The molecule has 0 saturated carbocycles. The number of carbonyl (C=O) groups excluding carboxylic acids is 2. The molecule has 1 aliphatic heterocycles. The van der Waals surface area contributed by atoms with Crippen molar-refractivity contribution in [1.29, 1.82) is 0 Å². The summed E-state index contributed by atoms with van der Waals surface area (Å²) in [4.78, 5) is 29.7. The van der Waals surface area contributed by atoms with Crippen LogP contribution in [0.15, 0.2) is 48.5 Å². The van der Waals surface area contributed by atoms with Crippen LogP contribution in [-0.2, 0) is 16.0 Å². The fourth-order valence-corrected chi connectivity index (χ4v) is 4.19. The van der Waals surface area contributed by atoms with Crippen molar-refractivity contribution in [2.45, 2.75) is 32.7 Å². The van der Waals surface area contributed by atoms with Gasteiger partial charge < -0.3 is 15.2 Å². The van der Waals surface area contributed by atoms with E-state index >= 15 is 0 Å². The molecule has 3 aromatic rings. The predicted molar refractivity (Wildman–Crippen MR) is 110 cm³/mol. The molecule has 1 aliphatic rings. The number of H-pyrrole nitrogens is 1. The Balaban J connectivity index is 1.74. The number of rotatable bonds is 4. The average Bonchev–Trinajstić information content (AvgIpc) is 3.05. The van der Waals surface area contributed by atoms with Crippen molar-refractivity contribution in [3.63, 3.8) is 0 Å². The molecule has 0 fully saturated rings. The van der Waals surface area contributed by atoms with E-state index in [2.05, 4.69) is 53.6 Å². The summed E-state index contributed by atoms with van der Waals surface area (Å²) in [5.74, 6) is -0.0517. The Labute approximate surface area is 164 Å². The largest absolute Gasteiger partial charge is 0.356 e. The number of nitrogens with zero attached hydrogens (tertiary/aromatic N) is 1. The minimum absolute atomic E-state index is 0.0598. The van der Waals surface area contributed by atoms with Crippen LogP contribution >= 0.6 is 0 Å². The zero-order valence-corrected chi connectivity index (χ0v) is 16.3. The summed E-state index contributed by atoms with van der Waals surface area (Å²) in [5, 5.41) is 3.96. The Kier molecular flexibility index (Phi) is 4.90. The molecule has 4 rings (SSSR count). The lowest BCUT2D eigenvalue weighted by atomic mass is 9.91.